The zero-order valence-electron chi connectivity index (χ0n) is 10.9. The van der Waals surface area contributed by atoms with E-state index in [1.54, 1.807) is 44.8 Å². The van der Waals surface area contributed by atoms with Crippen LogP contribution in [0.2, 0.25) is 0 Å². The molecule has 0 aliphatic rings. The normalized spacial score (nSPS) is 10.0. The van der Waals surface area contributed by atoms with E-state index in [4.69, 9.17) is 9.47 Å². The molecule has 0 aliphatic carbocycles. The number of H-pyrrole nitrogens is 1. The van der Waals surface area contributed by atoms with Gasteiger partial charge in [0.15, 0.2) is 0 Å². The van der Waals surface area contributed by atoms with Gasteiger partial charge >= 0.3 is 0 Å². The predicted molar refractivity (Wildman–Crippen MR) is 72.7 cm³/mol. The van der Waals surface area contributed by atoms with Crippen molar-refractivity contribution in [2.45, 2.75) is 6.42 Å². The fraction of sp³-hybridized carbons (Fsp3) is 0.214. The Bertz CT molecular complexity index is 550. The van der Waals surface area contributed by atoms with Crippen LogP contribution < -0.4 is 14.8 Å². The number of anilines is 1. The third kappa shape index (κ3) is 3.28. The number of hydrogen-bond acceptors (Lipinski definition) is 3. The van der Waals surface area contributed by atoms with Crippen molar-refractivity contribution >= 4 is 11.6 Å². The molecule has 2 N–H and O–H groups in total. The van der Waals surface area contributed by atoms with Gasteiger partial charge < -0.3 is 19.8 Å². The molecule has 1 aromatic carbocycles. The topological polar surface area (TPSA) is 63.4 Å². The van der Waals surface area contributed by atoms with Crippen LogP contribution in [0, 0.1) is 0 Å². The minimum Gasteiger partial charge on any atom is -0.497 e. The van der Waals surface area contributed by atoms with Crippen LogP contribution >= 0.6 is 0 Å². The number of benzene rings is 1. The molecular weight excluding hydrogens is 244 g/mol. The molecule has 0 saturated carbocycles. The molecule has 1 heterocycles. The lowest BCUT2D eigenvalue weighted by Gasteiger charge is -2.11. The number of aromatic amines is 1. The van der Waals surface area contributed by atoms with E-state index in [1.165, 1.54) is 0 Å². The molecule has 0 saturated heterocycles. The average molecular weight is 260 g/mol. The van der Waals surface area contributed by atoms with Crippen LogP contribution in [0.4, 0.5) is 5.69 Å². The SMILES string of the molecule is COc1ccc(OC)c(NC(=O)Cc2cc[nH]c2)c1. The maximum atomic E-state index is 11.9. The largest absolute Gasteiger partial charge is 0.497 e. The van der Waals surface area contributed by atoms with Gasteiger partial charge in [0.1, 0.15) is 11.5 Å². The van der Waals surface area contributed by atoms with Crippen molar-refractivity contribution in [1.82, 2.24) is 4.98 Å². The molecule has 0 unspecified atom stereocenters. The highest BCUT2D eigenvalue weighted by Gasteiger charge is 2.09. The second-order valence-electron chi connectivity index (χ2n) is 4.01. The molecule has 2 rings (SSSR count). The van der Waals surface area contributed by atoms with Gasteiger partial charge in [-0.25, -0.2) is 0 Å². The van der Waals surface area contributed by atoms with Gasteiger partial charge in [-0.1, -0.05) is 0 Å². The quantitative estimate of drug-likeness (QED) is 0.866. The number of hydrogen-bond donors (Lipinski definition) is 2. The standard InChI is InChI=1S/C14H16N2O3/c1-18-11-3-4-13(19-2)12(8-11)16-14(17)7-10-5-6-15-9-10/h3-6,8-9,15H,7H2,1-2H3,(H,16,17). The van der Waals surface area contributed by atoms with Gasteiger partial charge in [0.2, 0.25) is 5.91 Å². The summed E-state index contributed by atoms with van der Waals surface area (Å²) in [6, 6.07) is 7.13. The summed E-state index contributed by atoms with van der Waals surface area (Å²) in [6.07, 6.45) is 3.89. The molecular formula is C14H16N2O3. The van der Waals surface area contributed by atoms with Crippen molar-refractivity contribution < 1.29 is 14.3 Å². The summed E-state index contributed by atoms with van der Waals surface area (Å²) in [5, 5.41) is 2.82. The molecule has 0 spiro atoms. The molecule has 0 fully saturated rings. The fourth-order valence-electron chi connectivity index (χ4n) is 1.76. The monoisotopic (exact) mass is 260 g/mol. The highest BCUT2D eigenvalue weighted by atomic mass is 16.5. The Morgan fingerprint density at radius 1 is 1.26 bits per heavy atom. The van der Waals surface area contributed by atoms with Gasteiger partial charge in [-0.2, -0.15) is 0 Å². The third-order valence-electron chi connectivity index (χ3n) is 2.71. The number of ether oxygens (including phenoxy) is 2. The first-order valence-corrected chi connectivity index (χ1v) is 5.86. The van der Waals surface area contributed by atoms with Crippen molar-refractivity contribution in [1.29, 1.82) is 0 Å². The number of carbonyl (C=O) groups is 1. The third-order valence-corrected chi connectivity index (χ3v) is 2.71. The van der Waals surface area contributed by atoms with Crippen LogP contribution in [0.25, 0.3) is 0 Å². The van der Waals surface area contributed by atoms with Crippen molar-refractivity contribution in [3.8, 4) is 11.5 Å². The molecule has 0 bridgehead atoms. The van der Waals surface area contributed by atoms with Crippen LogP contribution in [0.3, 0.4) is 0 Å². The lowest BCUT2D eigenvalue weighted by atomic mass is 10.2. The first-order valence-electron chi connectivity index (χ1n) is 5.86. The summed E-state index contributed by atoms with van der Waals surface area (Å²) in [5.41, 5.74) is 1.53. The summed E-state index contributed by atoms with van der Waals surface area (Å²) in [4.78, 5) is 14.8. The van der Waals surface area contributed by atoms with Crippen LogP contribution in [0.15, 0.2) is 36.7 Å². The zero-order chi connectivity index (χ0) is 13.7. The van der Waals surface area contributed by atoms with Gasteiger partial charge in [-0.15, -0.1) is 0 Å². The Hall–Kier alpha value is -2.43. The predicted octanol–water partition coefficient (Wildman–Crippen LogP) is 2.21. The maximum absolute atomic E-state index is 11.9. The van der Waals surface area contributed by atoms with Crippen molar-refractivity contribution in [2.75, 3.05) is 19.5 Å². The number of carbonyl (C=O) groups excluding carboxylic acids is 1. The summed E-state index contributed by atoms with van der Waals surface area (Å²) in [7, 11) is 3.14. The van der Waals surface area contributed by atoms with E-state index >= 15 is 0 Å². The van der Waals surface area contributed by atoms with Crippen molar-refractivity contribution in [3.63, 3.8) is 0 Å². The highest BCUT2D eigenvalue weighted by molar-refractivity contribution is 5.93. The molecule has 0 aliphatic heterocycles. The van der Waals surface area contributed by atoms with Gasteiger partial charge in [0.25, 0.3) is 0 Å². The molecule has 1 aromatic heterocycles. The van der Waals surface area contributed by atoms with Gasteiger partial charge in [-0.05, 0) is 23.8 Å². The molecule has 1 amide bonds. The number of methoxy groups -OCH3 is 2. The summed E-state index contributed by atoms with van der Waals surface area (Å²) in [5.74, 6) is 1.16. The first kappa shape index (κ1) is 13.0. The molecule has 100 valence electrons. The highest BCUT2D eigenvalue weighted by Crippen LogP contribution is 2.28. The fourth-order valence-corrected chi connectivity index (χ4v) is 1.76. The molecule has 2 aromatic rings. The minimum absolute atomic E-state index is 0.105. The lowest BCUT2D eigenvalue weighted by molar-refractivity contribution is -0.115. The van der Waals surface area contributed by atoms with E-state index in [9.17, 15) is 4.79 Å². The van der Waals surface area contributed by atoms with E-state index in [1.807, 2.05) is 6.07 Å². The Morgan fingerprint density at radius 2 is 2.11 bits per heavy atom. The zero-order valence-corrected chi connectivity index (χ0v) is 10.9. The van der Waals surface area contributed by atoms with Crippen molar-refractivity contribution in [3.05, 3.63) is 42.2 Å². The summed E-state index contributed by atoms with van der Waals surface area (Å²) in [6.45, 7) is 0. The lowest BCUT2D eigenvalue weighted by Crippen LogP contribution is -2.14. The summed E-state index contributed by atoms with van der Waals surface area (Å²) >= 11 is 0. The molecule has 5 heteroatoms. The van der Waals surface area contributed by atoms with E-state index < -0.39 is 0 Å². The number of amides is 1. The van der Waals surface area contributed by atoms with Crippen LogP contribution in [-0.2, 0) is 11.2 Å². The van der Waals surface area contributed by atoms with Gasteiger partial charge in [0, 0.05) is 18.5 Å². The average Bonchev–Trinajstić information content (AvgIpc) is 2.91. The van der Waals surface area contributed by atoms with Gasteiger partial charge in [0.05, 0.1) is 26.3 Å². The molecule has 0 radical (unpaired) electrons. The first-order chi connectivity index (χ1) is 9.22. The molecule has 19 heavy (non-hydrogen) atoms. The smallest absolute Gasteiger partial charge is 0.228 e. The second-order valence-corrected chi connectivity index (χ2v) is 4.01. The van der Waals surface area contributed by atoms with Gasteiger partial charge in [-0.3, -0.25) is 4.79 Å². The van der Waals surface area contributed by atoms with E-state index in [2.05, 4.69) is 10.3 Å². The Morgan fingerprint density at radius 3 is 2.74 bits per heavy atom. The Kier molecular flexibility index (Phi) is 4.07. The summed E-state index contributed by atoms with van der Waals surface area (Å²) < 4.78 is 10.3. The van der Waals surface area contributed by atoms with E-state index in [0.717, 1.165) is 5.56 Å². The maximum Gasteiger partial charge on any atom is 0.228 e. The van der Waals surface area contributed by atoms with E-state index in [-0.39, 0.29) is 5.91 Å². The minimum atomic E-state index is -0.105. The number of nitrogens with one attached hydrogen (secondary N) is 2. The molecule has 0 atom stereocenters. The molecule has 5 nitrogen and oxygen atoms in total. The Labute approximate surface area is 111 Å². The Balaban J connectivity index is 2.10. The van der Waals surface area contributed by atoms with E-state index in [0.29, 0.717) is 23.6 Å². The van der Waals surface area contributed by atoms with Crippen LogP contribution in [0.5, 0.6) is 11.5 Å². The number of rotatable bonds is 5. The van der Waals surface area contributed by atoms with Crippen molar-refractivity contribution in [2.24, 2.45) is 0 Å². The van der Waals surface area contributed by atoms with Crippen LogP contribution in [0.1, 0.15) is 5.56 Å². The number of aromatic nitrogens is 1. The van der Waals surface area contributed by atoms with Crippen LogP contribution in [-0.4, -0.2) is 25.1 Å². The second kappa shape index (κ2) is 5.95.